The molecule has 0 atom stereocenters. The van der Waals surface area contributed by atoms with Crippen molar-refractivity contribution in [2.24, 2.45) is 5.92 Å². The van der Waals surface area contributed by atoms with Crippen molar-refractivity contribution in [3.63, 3.8) is 0 Å². The predicted octanol–water partition coefficient (Wildman–Crippen LogP) is 4.07. The van der Waals surface area contributed by atoms with E-state index in [1.807, 2.05) is 18.4 Å². The molecule has 2 amide bonds. The number of carbonyl (C=O) groups excluding carboxylic acids is 2. The summed E-state index contributed by atoms with van der Waals surface area (Å²) < 4.78 is 29.1. The molecule has 0 saturated heterocycles. The second-order valence-corrected chi connectivity index (χ2v) is 8.83. The van der Waals surface area contributed by atoms with Gasteiger partial charge in [-0.25, -0.2) is 8.78 Å². The molecule has 1 N–H and O–H groups in total. The quantitative estimate of drug-likeness (QED) is 0.474. The molecule has 0 saturated carbocycles. The Morgan fingerprint density at radius 1 is 1.09 bits per heavy atom. The van der Waals surface area contributed by atoms with Crippen LogP contribution in [0.2, 0.25) is 0 Å². The van der Waals surface area contributed by atoms with Crippen LogP contribution in [0.15, 0.2) is 53.7 Å². The highest BCUT2D eigenvalue weighted by Crippen LogP contribution is 2.27. The number of anilines is 1. The molecule has 10 heteroatoms. The van der Waals surface area contributed by atoms with E-state index in [1.165, 1.54) is 54.0 Å². The van der Waals surface area contributed by atoms with E-state index in [4.69, 9.17) is 0 Å². The summed E-state index contributed by atoms with van der Waals surface area (Å²) in [6, 6.07) is 11.7. The number of benzene rings is 2. The molecule has 1 heterocycles. The van der Waals surface area contributed by atoms with E-state index in [-0.39, 0.29) is 24.1 Å². The predicted molar refractivity (Wildman–Crippen MR) is 124 cm³/mol. The maximum absolute atomic E-state index is 14.3. The van der Waals surface area contributed by atoms with Gasteiger partial charge in [0, 0.05) is 19.3 Å². The zero-order chi connectivity index (χ0) is 24.0. The van der Waals surface area contributed by atoms with E-state index in [9.17, 15) is 18.4 Å². The Labute approximate surface area is 195 Å². The average molecular weight is 474 g/mol. The van der Waals surface area contributed by atoms with Gasteiger partial charge in [0.25, 0.3) is 0 Å². The summed E-state index contributed by atoms with van der Waals surface area (Å²) in [5, 5.41) is 11.4. The number of aromatic nitrogens is 3. The van der Waals surface area contributed by atoms with Gasteiger partial charge in [0.05, 0.1) is 17.9 Å². The van der Waals surface area contributed by atoms with Crippen LogP contribution in [0.3, 0.4) is 0 Å². The van der Waals surface area contributed by atoms with Gasteiger partial charge in [0.15, 0.2) is 11.0 Å². The zero-order valence-electron chi connectivity index (χ0n) is 18.6. The SMILES string of the molecule is CC(C)Cn1c(SCC(=O)N(C)CC(=O)Nc2ccc(F)cc2)nnc1-c1ccccc1F. The summed E-state index contributed by atoms with van der Waals surface area (Å²) in [5.74, 6) is -0.778. The first-order valence-electron chi connectivity index (χ1n) is 10.3. The molecular formula is C23H25F2N5O2S. The third-order valence-electron chi connectivity index (χ3n) is 4.64. The fourth-order valence-corrected chi connectivity index (χ4v) is 3.93. The molecule has 3 rings (SSSR count). The molecule has 3 aromatic rings. The Morgan fingerprint density at radius 2 is 1.79 bits per heavy atom. The van der Waals surface area contributed by atoms with Gasteiger partial charge in [0.2, 0.25) is 11.8 Å². The fraction of sp³-hybridized carbons (Fsp3) is 0.304. The van der Waals surface area contributed by atoms with E-state index >= 15 is 0 Å². The van der Waals surface area contributed by atoms with Gasteiger partial charge >= 0.3 is 0 Å². The molecule has 1 aromatic heterocycles. The molecule has 174 valence electrons. The van der Waals surface area contributed by atoms with Crippen molar-refractivity contribution in [1.29, 1.82) is 0 Å². The molecule has 0 aliphatic rings. The van der Waals surface area contributed by atoms with Gasteiger partial charge in [-0.3, -0.25) is 9.59 Å². The molecule has 0 bridgehead atoms. The van der Waals surface area contributed by atoms with Crippen molar-refractivity contribution >= 4 is 29.3 Å². The number of halogens is 2. The van der Waals surface area contributed by atoms with E-state index in [0.29, 0.717) is 28.8 Å². The third-order valence-corrected chi connectivity index (χ3v) is 5.59. The topological polar surface area (TPSA) is 80.1 Å². The molecule has 0 spiro atoms. The average Bonchev–Trinajstić information content (AvgIpc) is 3.15. The highest BCUT2D eigenvalue weighted by molar-refractivity contribution is 7.99. The lowest BCUT2D eigenvalue weighted by molar-refractivity contribution is -0.131. The Bertz CT molecular complexity index is 1120. The molecule has 7 nitrogen and oxygen atoms in total. The minimum Gasteiger partial charge on any atom is -0.336 e. The van der Waals surface area contributed by atoms with Crippen molar-refractivity contribution in [1.82, 2.24) is 19.7 Å². The van der Waals surface area contributed by atoms with E-state index < -0.39 is 17.5 Å². The molecule has 33 heavy (non-hydrogen) atoms. The van der Waals surface area contributed by atoms with Crippen LogP contribution in [0, 0.1) is 17.6 Å². The Hall–Kier alpha value is -3.27. The van der Waals surface area contributed by atoms with Crippen LogP contribution in [0.25, 0.3) is 11.4 Å². The Morgan fingerprint density at radius 3 is 2.45 bits per heavy atom. The standard InChI is InChI=1S/C23H25F2N5O2S/c1-15(2)12-30-22(18-6-4-5-7-19(18)25)27-28-23(30)33-14-21(32)29(3)13-20(31)26-17-10-8-16(24)9-11-17/h4-11,15H,12-14H2,1-3H3,(H,26,31). The number of thioether (sulfide) groups is 1. The minimum absolute atomic E-state index is 0.0355. The Balaban J connectivity index is 1.63. The summed E-state index contributed by atoms with van der Waals surface area (Å²) in [6.45, 7) is 4.45. The number of likely N-dealkylation sites (N-methyl/N-ethyl adjacent to an activating group) is 1. The van der Waals surface area contributed by atoms with Crippen LogP contribution in [-0.4, -0.2) is 50.8 Å². The fourth-order valence-electron chi connectivity index (χ4n) is 3.04. The van der Waals surface area contributed by atoms with Crippen molar-refractivity contribution in [3.8, 4) is 11.4 Å². The van der Waals surface area contributed by atoms with E-state index in [0.717, 1.165) is 0 Å². The summed E-state index contributed by atoms with van der Waals surface area (Å²) in [7, 11) is 1.52. The Kier molecular flexibility index (Phi) is 8.16. The highest BCUT2D eigenvalue weighted by atomic mass is 32.2. The molecule has 0 radical (unpaired) electrons. The molecule has 0 fully saturated rings. The molecule has 0 aliphatic carbocycles. The maximum atomic E-state index is 14.3. The first-order chi connectivity index (χ1) is 15.7. The lowest BCUT2D eigenvalue weighted by atomic mass is 10.2. The number of hydrogen-bond donors (Lipinski definition) is 1. The van der Waals surface area contributed by atoms with E-state index in [2.05, 4.69) is 15.5 Å². The molecule has 2 aromatic carbocycles. The lowest BCUT2D eigenvalue weighted by Crippen LogP contribution is -2.36. The van der Waals surface area contributed by atoms with Crippen molar-refractivity contribution < 1.29 is 18.4 Å². The van der Waals surface area contributed by atoms with E-state index in [1.54, 1.807) is 18.2 Å². The normalized spacial score (nSPS) is 11.0. The van der Waals surface area contributed by atoms with Gasteiger partial charge in [-0.1, -0.05) is 37.7 Å². The number of carbonyl (C=O) groups is 2. The number of amides is 2. The van der Waals surface area contributed by atoms with Crippen molar-refractivity contribution in [3.05, 3.63) is 60.2 Å². The van der Waals surface area contributed by atoms with Gasteiger partial charge in [0.1, 0.15) is 11.6 Å². The van der Waals surface area contributed by atoms with Crippen LogP contribution in [0.5, 0.6) is 0 Å². The number of nitrogens with one attached hydrogen (secondary N) is 1. The summed E-state index contributed by atoms with van der Waals surface area (Å²) in [6.07, 6.45) is 0. The largest absolute Gasteiger partial charge is 0.336 e. The number of rotatable bonds is 9. The number of hydrogen-bond acceptors (Lipinski definition) is 5. The first kappa shape index (κ1) is 24.4. The van der Waals surface area contributed by atoms with Crippen LogP contribution in [0.4, 0.5) is 14.5 Å². The monoisotopic (exact) mass is 473 g/mol. The second-order valence-electron chi connectivity index (χ2n) is 7.88. The maximum Gasteiger partial charge on any atom is 0.243 e. The zero-order valence-corrected chi connectivity index (χ0v) is 19.4. The minimum atomic E-state index is -0.402. The number of nitrogens with zero attached hydrogens (tertiary/aromatic N) is 4. The van der Waals surface area contributed by atoms with Crippen LogP contribution >= 0.6 is 11.8 Å². The summed E-state index contributed by atoms with van der Waals surface area (Å²) in [4.78, 5) is 26.1. The first-order valence-corrected chi connectivity index (χ1v) is 11.3. The highest BCUT2D eigenvalue weighted by Gasteiger charge is 2.20. The second kappa shape index (κ2) is 11.0. The van der Waals surface area contributed by atoms with Crippen LogP contribution < -0.4 is 5.32 Å². The lowest BCUT2D eigenvalue weighted by Gasteiger charge is -2.17. The van der Waals surface area contributed by atoms with Crippen LogP contribution in [-0.2, 0) is 16.1 Å². The van der Waals surface area contributed by atoms with Gasteiger partial charge in [-0.2, -0.15) is 0 Å². The molecule has 0 aliphatic heterocycles. The van der Waals surface area contributed by atoms with Crippen molar-refractivity contribution in [2.45, 2.75) is 25.5 Å². The van der Waals surface area contributed by atoms with Gasteiger partial charge in [-0.15, -0.1) is 10.2 Å². The van der Waals surface area contributed by atoms with Gasteiger partial charge in [-0.05, 0) is 42.3 Å². The molecular weight excluding hydrogens is 448 g/mol. The summed E-state index contributed by atoms with van der Waals surface area (Å²) in [5.41, 5.74) is 0.789. The van der Waals surface area contributed by atoms with Gasteiger partial charge < -0.3 is 14.8 Å². The summed E-state index contributed by atoms with van der Waals surface area (Å²) >= 11 is 1.18. The third kappa shape index (κ3) is 6.61. The molecule has 0 unspecified atom stereocenters. The van der Waals surface area contributed by atoms with Crippen LogP contribution in [0.1, 0.15) is 13.8 Å². The smallest absolute Gasteiger partial charge is 0.243 e. The van der Waals surface area contributed by atoms with Crippen molar-refractivity contribution in [2.75, 3.05) is 24.7 Å².